The number of aliphatic hydroxyl groups excluding tert-OH is 1. The zero-order valence-corrected chi connectivity index (χ0v) is 8.86. The predicted molar refractivity (Wildman–Crippen MR) is 55.0 cm³/mol. The second-order valence-electron chi connectivity index (χ2n) is 3.97. The van der Waals surface area contributed by atoms with Gasteiger partial charge in [0.05, 0.1) is 12.8 Å². The van der Waals surface area contributed by atoms with Crippen molar-refractivity contribution in [3.63, 3.8) is 0 Å². The topological polar surface area (TPSA) is 66.6 Å². The molecule has 88 valence electrons. The van der Waals surface area contributed by atoms with E-state index in [-0.39, 0.29) is 11.8 Å². The van der Waals surface area contributed by atoms with Gasteiger partial charge in [0.2, 0.25) is 5.91 Å². The lowest BCUT2D eigenvalue weighted by atomic mass is 9.92. The molecule has 1 saturated heterocycles. The van der Waals surface area contributed by atoms with Crippen LogP contribution in [0.15, 0.2) is 0 Å². The first-order valence-electron chi connectivity index (χ1n) is 5.41. The molecule has 1 amide bonds. The number of rotatable bonds is 4. The van der Waals surface area contributed by atoms with Gasteiger partial charge < -0.3 is 15.7 Å². The van der Waals surface area contributed by atoms with E-state index in [1.54, 1.807) is 4.90 Å². The molecule has 0 unspecified atom stereocenters. The highest BCUT2D eigenvalue weighted by atomic mass is 19.1. The molecule has 3 N–H and O–H groups in total. The Labute approximate surface area is 89.2 Å². The van der Waals surface area contributed by atoms with Gasteiger partial charge in [-0.1, -0.05) is 0 Å². The highest BCUT2D eigenvalue weighted by Crippen LogP contribution is 2.20. The quantitative estimate of drug-likeness (QED) is 0.692. The van der Waals surface area contributed by atoms with Crippen molar-refractivity contribution in [3.05, 3.63) is 0 Å². The minimum Gasteiger partial charge on any atom is -0.393 e. The van der Waals surface area contributed by atoms with E-state index in [4.69, 9.17) is 5.73 Å². The minimum absolute atomic E-state index is 0.00765. The first-order valence-corrected chi connectivity index (χ1v) is 5.41. The fourth-order valence-electron chi connectivity index (χ4n) is 1.95. The summed E-state index contributed by atoms with van der Waals surface area (Å²) in [5, 5.41) is 9.60. The minimum atomic E-state index is -0.470. The van der Waals surface area contributed by atoms with Crippen molar-refractivity contribution in [3.8, 4) is 0 Å². The molecule has 0 radical (unpaired) electrons. The van der Waals surface area contributed by atoms with E-state index in [9.17, 15) is 14.3 Å². The normalized spacial score (nSPS) is 26.7. The molecule has 0 aliphatic carbocycles. The van der Waals surface area contributed by atoms with Crippen molar-refractivity contribution >= 4 is 5.91 Å². The van der Waals surface area contributed by atoms with Gasteiger partial charge in [0.25, 0.3) is 0 Å². The number of hydrogen-bond acceptors (Lipinski definition) is 3. The van der Waals surface area contributed by atoms with Crippen molar-refractivity contribution in [1.29, 1.82) is 0 Å². The summed E-state index contributed by atoms with van der Waals surface area (Å²) < 4.78 is 12.2. The average molecular weight is 218 g/mol. The lowest BCUT2D eigenvalue weighted by Crippen LogP contribution is -2.46. The van der Waals surface area contributed by atoms with E-state index in [1.165, 1.54) is 0 Å². The molecule has 1 heterocycles. The fraction of sp³-hybridized carbons (Fsp3) is 0.900. The first kappa shape index (κ1) is 12.4. The number of piperidine rings is 1. The number of nitrogens with zero attached hydrogens (tertiary/aromatic N) is 1. The molecule has 0 saturated carbocycles. The van der Waals surface area contributed by atoms with Crippen LogP contribution in [0.2, 0.25) is 0 Å². The third-order valence-corrected chi connectivity index (χ3v) is 2.88. The Morgan fingerprint density at radius 3 is 2.93 bits per heavy atom. The van der Waals surface area contributed by atoms with Crippen molar-refractivity contribution in [1.82, 2.24) is 4.90 Å². The number of likely N-dealkylation sites (tertiary alicyclic amines) is 1. The SMILES string of the molecule is NCCC(=O)N1CC[C@H](O)[C@@H](CCF)C1. The van der Waals surface area contributed by atoms with Gasteiger partial charge in [-0.15, -0.1) is 0 Å². The van der Waals surface area contributed by atoms with Crippen molar-refractivity contribution in [2.45, 2.75) is 25.4 Å². The Hall–Kier alpha value is -0.680. The molecule has 2 atom stereocenters. The lowest BCUT2D eigenvalue weighted by Gasteiger charge is -2.35. The number of carbonyl (C=O) groups excluding carboxylic acids is 1. The summed E-state index contributed by atoms with van der Waals surface area (Å²) in [5.74, 6) is -0.112. The molecule has 15 heavy (non-hydrogen) atoms. The first-order chi connectivity index (χ1) is 7.19. The van der Waals surface area contributed by atoms with Crippen LogP contribution in [0, 0.1) is 5.92 Å². The third-order valence-electron chi connectivity index (χ3n) is 2.88. The number of carbonyl (C=O) groups is 1. The van der Waals surface area contributed by atoms with Crippen LogP contribution in [0.1, 0.15) is 19.3 Å². The van der Waals surface area contributed by atoms with Crippen LogP contribution in [0.5, 0.6) is 0 Å². The molecule has 1 aliphatic heterocycles. The zero-order valence-electron chi connectivity index (χ0n) is 8.86. The Balaban J connectivity index is 2.45. The Bertz CT molecular complexity index is 214. The second-order valence-corrected chi connectivity index (χ2v) is 3.97. The largest absolute Gasteiger partial charge is 0.393 e. The lowest BCUT2D eigenvalue weighted by molar-refractivity contribution is -0.134. The molecule has 1 rings (SSSR count). The van der Waals surface area contributed by atoms with Crippen LogP contribution >= 0.6 is 0 Å². The fourth-order valence-corrected chi connectivity index (χ4v) is 1.95. The molecule has 0 bridgehead atoms. The van der Waals surface area contributed by atoms with Gasteiger partial charge in [-0.2, -0.15) is 0 Å². The van der Waals surface area contributed by atoms with Gasteiger partial charge in [-0.05, 0) is 12.8 Å². The number of alkyl halides is 1. The van der Waals surface area contributed by atoms with Crippen LogP contribution in [-0.4, -0.2) is 48.3 Å². The summed E-state index contributed by atoms with van der Waals surface area (Å²) in [6, 6.07) is 0. The summed E-state index contributed by atoms with van der Waals surface area (Å²) in [5.41, 5.74) is 5.30. The number of amides is 1. The summed E-state index contributed by atoms with van der Waals surface area (Å²) in [6.07, 6.45) is 0.732. The summed E-state index contributed by atoms with van der Waals surface area (Å²) >= 11 is 0. The maximum absolute atomic E-state index is 12.2. The highest BCUT2D eigenvalue weighted by molar-refractivity contribution is 5.76. The maximum Gasteiger partial charge on any atom is 0.223 e. The van der Waals surface area contributed by atoms with Crippen molar-refractivity contribution < 1.29 is 14.3 Å². The molecule has 0 aromatic carbocycles. The smallest absolute Gasteiger partial charge is 0.223 e. The Kier molecular flexibility index (Phi) is 4.98. The zero-order chi connectivity index (χ0) is 11.3. The molecular weight excluding hydrogens is 199 g/mol. The van der Waals surface area contributed by atoms with Crippen LogP contribution in [0.25, 0.3) is 0 Å². The van der Waals surface area contributed by atoms with E-state index >= 15 is 0 Å². The molecule has 1 fully saturated rings. The van der Waals surface area contributed by atoms with Gasteiger partial charge in [0.1, 0.15) is 0 Å². The molecule has 4 nitrogen and oxygen atoms in total. The van der Waals surface area contributed by atoms with Gasteiger partial charge in [0, 0.05) is 32.0 Å². The molecular formula is C10H19FN2O2. The molecule has 1 aliphatic rings. The number of nitrogens with two attached hydrogens (primary N) is 1. The monoisotopic (exact) mass is 218 g/mol. The maximum atomic E-state index is 12.2. The Morgan fingerprint density at radius 2 is 2.33 bits per heavy atom. The molecule has 5 heteroatoms. The van der Waals surface area contributed by atoms with Crippen LogP contribution < -0.4 is 5.73 Å². The summed E-state index contributed by atoms with van der Waals surface area (Å²) in [7, 11) is 0. The van der Waals surface area contributed by atoms with E-state index in [2.05, 4.69) is 0 Å². The average Bonchev–Trinajstić information content (AvgIpc) is 2.22. The molecule has 0 aromatic heterocycles. The third kappa shape index (κ3) is 3.43. The summed E-state index contributed by atoms with van der Waals surface area (Å²) in [4.78, 5) is 13.2. The molecule has 0 spiro atoms. The van der Waals surface area contributed by atoms with Crippen molar-refractivity contribution in [2.24, 2.45) is 11.7 Å². The Morgan fingerprint density at radius 1 is 1.60 bits per heavy atom. The van der Waals surface area contributed by atoms with Gasteiger partial charge in [-0.3, -0.25) is 9.18 Å². The van der Waals surface area contributed by atoms with E-state index in [1.807, 2.05) is 0 Å². The van der Waals surface area contributed by atoms with Gasteiger partial charge in [0.15, 0.2) is 0 Å². The predicted octanol–water partition coefficient (Wildman–Crippen LogP) is -0.0958. The molecule has 0 aromatic rings. The standard InChI is InChI=1S/C10H19FN2O2/c11-4-1-8-7-13(6-3-9(8)14)10(15)2-5-12/h8-9,14H,1-7,12H2/t8-,9-/m0/s1. The number of halogens is 1. The van der Waals surface area contributed by atoms with Gasteiger partial charge >= 0.3 is 0 Å². The van der Waals surface area contributed by atoms with Gasteiger partial charge in [-0.25, -0.2) is 0 Å². The van der Waals surface area contributed by atoms with Crippen LogP contribution in [0.3, 0.4) is 0 Å². The number of hydrogen-bond donors (Lipinski definition) is 2. The van der Waals surface area contributed by atoms with Crippen LogP contribution in [0.4, 0.5) is 4.39 Å². The van der Waals surface area contributed by atoms with E-state index in [0.717, 1.165) is 0 Å². The van der Waals surface area contributed by atoms with Crippen molar-refractivity contribution in [2.75, 3.05) is 26.3 Å². The second kappa shape index (κ2) is 6.02. The van der Waals surface area contributed by atoms with E-state index in [0.29, 0.717) is 38.9 Å². The summed E-state index contributed by atoms with van der Waals surface area (Å²) in [6.45, 7) is 0.916. The van der Waals surface area contributed by atoms with Crippen LogP contribution in [-0.2, 0) is 4.79 Å². The number of aliphatic hydroxyl groups is 1. The highest BCUT2D eigenvalue weighted by Gasteiger charge is 2.29. The van der Waals surface area contributed by atoms with E-state index < -0.39 is 12.8 Å².